The number of likely N-dealkylation sites (tertiary alicyclic amines) is 1. The number of likely N-dealkylation sites (N-methyl/N-ethyl adjacent to an activating group) is 1. The van der Waals surface area contributed by atoms with Gasteiger partial charge in [-0.25, -0.2) is 0 Å². The number of amides is 1. The molecule has 2 unspecified atom stereocenters. The summed E-state index contributed by atoms with van der Waals surface area (Å²) in [6.45, 7) is 8.72. The quantitative estimate of drug-likeness (QED) is 0.464. The first-order chi connectivity index (χ1) is 20.5. The number of carbonyl (C=O) groups is 1. The number of ether oxygens (including phenoxy) is 1. The number of aromatic nitrogens is 2. The van der Waals surface area contributed by atoms with Crippen LogP contribution in [0.3, 0.4) is 0 Å². The lowest BCUT2D eigenvalue weighted by molar-refractivity contribution is -0.128. The van der Waals surface area contributed by atoms with Gasteiger partial charge in [-0.3, -0.25) is 4.79 Å². The van der Waals surface area contributed by atoms with Crippen LogP contribution < -0.4 is 14.5 Å². The molecule has 0 N–H and O–H groups in total. The van der Waals surface area contributed by atoms with Crippen molar-refractivity contribution in [3.05, 3.63) is 53.2 Å². The summed E-state index contributed by atoms with van der Waals surface area (Å²) in [6, 6.07) is 9.77. The molecular formula is C33H41N7O2. The van der Waals surface area contributed by atoms with E-state index in [2.05, 4.69) is 52.6 Å². The number of carbonyl (C=O) groups excluding carboxylic acids is 1. The standard InChI is InChI=1S/C33H41N7O2/c1-3-30(41)40-17-16-39(19-24(40)11-13-34)32-27-12-15-38(29-8-4-7-26-22-9-10-23(18-22)31(26)29)20-28(27)35-33(36-32)42-21-25-6-5-14-37(25)2/h3-4,7-8,22-25H,1,5-6,9-12,14-21H2,2H3/t22?,23?,24-,25-/m0/s1. The van der Waals surface area contributed by atoms with Crippen molar-refractivity contribution in [1.82, 2.24) is 19.8 Å². The molecule has 4 atom stereocenters. The van der Waals surface area contributed by atoms with Gasteiger partial charge >= 0.3 is 6.01 Å². The van der Waals surface area contributed by atoms with E-state index in [9.17, 15) is 10.1 Å². The van der Waals surface area contributed by atoms with Gasteiger partial charge < -0.3 is 24.3 Å². The van der Waals surface area contributed by atoms with Crippen LogP contribution in [0.2, 0.25) is 0 Å². The second-order valence-corrected chi connectivity index (χ2v) is 12.7. The van der Waals surface area contributed by atoms with E-state index in [0.29, 0.717) is 44.2 Å². The Morgan fingerprint density at radius 3 is 2.81 bits per heavy atom. The van der Waals surface area contributed by atoms with Crippen LogP contribution >= 0.6 is 0 Å². The number of benzene rings is 1. The monoisotopic (exact) mass is 567 g/mol. The second kappa shape index (κ2) is 11.2. The lowest BCUT2D eigenvalue weighted by Crippen LogP contribution is -2.55. The van der Waals surface area contributed by atoms with Crippen LogP contribution in [-0.4, -0.2) is 84.1 Å². The van der Waals surface area contributed by atoms with E-state index < -0.39 is 0 Å². The van der Waals surface area contributed by atoms with Crippen LogP contribution in [-0.2, 0) is 17.8 Å². The molecule has 2 aliphatic carbocycles. The second-order valence-electron chi connectivity index (χ2n) is 12.7. The molecule has 42 heavy (non-hydrogen) atoms. The Morgan fingerprint density at radius 2 is 2.00 bits per heavy atom. The summed E-state index contributed by atoms with van der Waals surface area (Å²) >= 11 is 0. The normalized spacial score (nSPS) is 26.6. The van der Waals surface area contributed by atoms with E-state index in [4.69, 9.17) is 14.7 Å². The summed E-state index contributed by atoms with van der Waals surface area (Å²) in [6.07, 6.45) is 8.73. The summed E-state index contributed by atoms with van der Waals surface area (Å²) in [5.74, 6) is 2.21. The van der Waals surface area contributed by atoms with E-state index in [1.807, 2.05) is 0 Å². The highest BCUT2D eigenvalue weighted by Crippen LogP contribution is 2.56. The van der Waals surface area contributed by atoms with Gasteiger partial charge in [-0.1, -0.05) is 18.7 Å². The maximum absolute atomic E-state index is 12.5. The molecule has 2 aromatic rings. The third-order valence-corrected chi connectivity index (χ3v) is 10.4. The van der Waals surface area contributed by atoms with E-state index >= 15 is 0 Å². The van der Waals surface area contributed by atoms with Crippen molar-refractivity contribution in [2.75, 3.05) is 56.2 Å². The molecule has 1 saturated carbocycles. The zero-order chi connectivity index (χ0) is 28.8. The number of hydrogen-bond acceptors (Lipinski definition) is 8. The van der Waals surface area contributed by atoms with E-state index in [1.54, 1.807) is 16.0 Å². The van der Waals surface area contributed by atoms with Gasteiger partial charge in [-0.15, -0.1) is 0 Å². The highest BCUT2D eigenvalue weighted by Gasteiger charge is 2.40. The molecule has 1 aromatic heterocycles. The fraction of sp³-hybridized carbons (Fsp3) is 0.576. The number of anilines is 2. The van der Waals surface area contributed by atoms with Crippen molar-refractivity contribution in [2.45, 2.75) is 75.4 Å². The van der Waals surface area contributed by atoms with Crippen molar-refractivity contribution >= 4 is 17.4 Å². The lowest BCUT2D eigenvalue weighted by atomic mass is 9.89. The average molecular weight is 568 g/mol. The maximum atomic E-state index is 12.5. The lowest BCUT2D eigenvalue weighted by Gasteiger charge is -2.42. The fourth-order valence-corrected chi connectivity index (χ4v) is 8.19. The molecule has 9 nitrogen and oxygen atoms in total. The Hall–Kier alpha value is -3.64. The van der Waals surface area contributed by atoms with Crippen molar-refractivity contribution < 1.29 is 9.53 Å². The Bertz CT molecular complexity index is 1420. The van der Waals surface area contributed by atoms with E-state index in [-0.39, 0.29) is 18.4 Å². The van der Waals surface area contributed by atoms with Gasteiger partial charge in [0.05, 0.1) is 30.8 Å². The third-order valence-electron chi connectivity index (χ3n) is 10.4. The number of hydrogen-bond donors (Lipinski definition) is 0. The summed E-state index contributed by atoms with van der Waals surface area (Å²) in [5.41, 5.74) is 6.73. The molecular weight excluding hydrogens is 526 g/mol. The fourth-order valence-electron chi connectivity index (χ4n) is 8.19. The first kappa shape index (κ1) is 27.2. The number of nitriles is 1. The van der Waals surface area contributed by atoms with Gasteiger partial charge in [0.25, 0.3) is 0 Å². The van der Waals surface area contributed by atoms with Gasteiger partial charge in [-0.2, -0.15) is 15.2 Å². The van der Waals surface area contributed by atoms with Crippen molar-refractivity contribution in [2.24, 2.45) is 0 Å². The summed E-state index contributed by atoms with van der Waals surface area (Å²) in [7, 11) is 2.16. The molecule has 1 aromatic carbocycles. The average Bonchev–Trinajstić information content (AvgIpc) is 3.76. The highest BCUT2D eigenvalue weighted by molar-refractivity contribution is 5.87. The molecule has 1 amide bonds. The van der Waals surface area contributed by atoms with Gasteiger partial charge in [0.15, 0.2) is 0 Å². The van der Waals surface area contributed by atoms with E-state index in [1.165, 1.54) is 43.0 Å². The van der Waals surface area contributed by atoms with Crippen LogP contribution in [0.15, 0.2) is 30.9 Å². The third kappa shape index (κ3) is 4.80. The van der Waals surface area contributed by atoms with Gasteiger partial charge in [-0.05, 0) is 87.2 Å². The van der Waals surface area contributed by atoms with Gasteiger partial charge in [0.2, 0.25) is 5.91 Å². The highest BCUT2D eigenvalue weighted by atomic mass is 16.5. The van der Waals surface area contributed by atoms with Crippen molar-refractivity contribution in [1.29, 1.82) is 5.26 Å². The van der Waals surface area contributed by atoms with Gasteiger partial charge in [0, 0.05) is 43.5 Å². The minimum absolute atomic E-state index is 0.121. The van der Waals surface area contributed by atoms with Crippen LogP contribution in [0, 0.1) is 11.3 Å². The van der Waals surface area contributed by atoms with Gasteiger partial charge in [0.1, 0.15) is 12.4 Å². The molecule has 2 bridgehead atoms. The van der Waals surface area contributed by atoms with Crippen LogP contribution in [0.1, 0.15) is 72.7 Å². The number of rotatable bonds is 7. The summed E-state index contributed by atoms with van der Waals surface area (Å²) in [5, 5.41) is 9.53. The Balaban J connectivity index is 1.20. The Morgan fingerprint density at radius 1 is 1.12 bits per heavy atom. The molecule has 3 fully saturated rings. The van der Waals surface area contributed by atoms with Crippen LogP contribution in [0.4, 0.5) is 11.5 Å². The zero-order valence-corrected chi connectivity index (χ0v) is 24.7. The number of nitrogens with zero attached hydrogens (tertiary/aromatic N) is 7. The molecule has 7 rings (SSSR count). The molecule has 0 spiro atoms. The molecule has 9 heteroatoms. The van der Waals surface area contributed by atoms with Crippen molar-refractivity contribution in [3.63, 3.8) is 0 Å². The predicted octanol–water partition coefficient (Wildman–Crippen LogP) is 3.99. The topological polar surface area (TPSA) is 88.8 Å². The Labute approximate surface area is 248 Å². The number of fused-ring (bicyclic) bond motifs is 6. The SMILES string of the molecule is C=CC(=O)N1CCN(c2nc(OC[C@@H]3CCCN3C)nc3c2CCN(c2cccc4c2C2CCC4C2)C3)C[C@@H]1CC#N. The predicted molar refractivity (Wildman–Crippen MR) is 162 cm³/mol. The molecule has 3 aliphatic heterocycles. The largest absolute Gasteiger partial charge is 0.462 e. The summed E-state index contributed by atoms with van der Waals surface area (Å²) in [4.78, 5) is 31.5. The van der Waals surface area contributed by atoms with Crippen LogP contribution in [0.5, 0.6) is 6.01 Å². The zero-order valence-electron chi connectivity index (χ0n) is 24.7. The minimum atomic E-state index is -0.209. The minimum Gasteiger partial charge on any atom is -0.462 e. The Kier molecular flexibility index (Phi) is 7.27. The molecule has 5 aliphatic rings. The molecule has 4 heterocycles. The molecule has 2 saturated heterocycles. The smallest absolute Gasteiger partial charge is 0.318 e. The molecule has 0 radical (unpaired) electrons. The number of piperazine rings is 1. The van der Waals surface area contributed by atoms with Crippen molar-refractivity contribution in [3.8, 4) is 12.1 Å². The van der Waals surface area contributed by atoms with E-state index in [0.717, 1.165) is 49.9 Å². The van der Waals surface area contributed by atoms with Crippen LogP contribution in [0.25, 0.3) is 0 Å². The summed E-state index contributed by atoms with van der Waals surface area (Å²) < 4.78 is 6.33. The molecule has 220 valence electrons. The maximum Gasteiger partial charge on any atom is 0.318 e. The first-order valence-electron chi connectivity index (χ1n) is 15.7. The first-order valence-corrected chi connectivity index (χ1v) is 15.7.